The van der Waals surface area contributed by atoms with Gasteiger partial charge in [0.2, 0.25) is 0 Å². The topological polar surface area (TPSA) is 60.4 Å². The molecule has 0 heterocycles. The van der Waals surface area contributed by atoms with Gasteiger partial charge >= 0.3 is 5.97 Å². The number of halogens is 1. The number of ether oxygens (including phenoxy) is 1. The average molecular weight is 321 g/mol. The Labute approximate surface area is 109 Å². The maximum atomic E-state index is 12.3. The van der Waals surface area contributed by atoms with Gasteiger partial charge in [-0.1, -0.05) is 22.0 Å². The quantitative estimate of drug-likeness (QED) is 0.801. The zero-order valence-corrected chi connectivity index (χ0v) is 12.1. The summed E-state index contributed by atoms with van der Waals surface area (Å²) in [7, 11) is -2.61. The molecule has 0 aliphatic rings. The Morgan fingerprint density at radius 2 is 1.94 bits per heavy atom. The Balaban J connectivity index is 3.34. The fourth-order valence-corrected chi connectivity index (χ4v) is 3.27. The number of methoxy groups -OCH3 is 1. The average Bonchev–Trinajstić information content (AvgIpc) is 2.27. The van der Waals surface area contributed by atoms with E-state index < -0.39 is 20.6 Å². The highest BCUT2D eigenvalue weighted by Gasteiger charge is 2.43. The van der Waals surface area contributed by atoms with Crippen LogP contribution in [0.3, 0.4) is 0 Å². The van der Waals surface area contributed by atoms with Gasteiger partial charge in [0.05, 0.1) is 12.0 Å². The molecule has 4 nitrogen and oxygen atoms in total. The van der Waals surface area contributed by atoms with Crippen LogP contribution in [0.5, 0.6) is 0 Å². The largest absolute Gasteiger partial charge is 0.468 e. The Bertz CT molecular complexity index is 534. The second-order valence-corrected chi connectivity index (χ2v) is 7.38. The summed E-state index contributed by atoms with van der Waals surface area (Å²) >= 11 is 3.19. The number of esters is 1. The van der Waals surface area contributed by atoms with Crippen LogP contribution in [0.1, 0.15) is 13.8 Å². The molecule has 0 unspecified atom stereocenters. The molecule has 17 heavy (non-hydrogen) atoms. The molecule has 0 bridgehead atoms. The lowest BCUT2D eigenvalue weighted by Crippen LogP contribution is -2.41. The summed E-state index contributed by atoms with van der Waals surface area (Å²) in [6.07, 6.45) is 0. The molecule has 1 aromatic rings. The summed E-state index contributed by atoms with van der Waals surface area (Å²) in [5, 5.41) is 0. The van der Waals surface area contributed by atoms with Gasteiger partial charge in [-0.15, -0.1) is 0 Å². The molecular formula is C11H13BrO4S. The van der Waals surface area contributed by atoms with Crippen molar-refractivity contribution in [3.63, 3.8) is 0 Å². The van der Waals surface area contributed by atoms with Crippen LogP contribution in [0.2, 0.25) is 0 Å². The molecule has 0 amide bonds. The first-order valence-electron chi connectivity index (χ1n) is 4.82. The van der Waals surface area contributed by atoms with Crippen molar-refractivity contribution < 1.29 is 17.9 Å². The summed E-state index contributed by atoms with van der Waals surface area (Å²) in [4.78, 5) is 11.6. The molecule has 0 saturated heterocycles. The molecule has 0 saturated carbocycles. The van der Waals surface area contributed by atoms with Gasteiger partial charge in [0.1, 0.15) is 0 Å². The van der Waals surface area contributed by atoms with E-state index in [9.17, 15) is 13.2 Å². The molecule has 1 aromatic carbocycles. The van der Waals surface area contributed by atoms with Gasteiger partial charge in [-0.05, 0) is 32.0 Å². The normalized spacial score (nSPS) is 12.2. The standard InChI is InChI=1S/C11H13BrO4S/c1-11(2,10(13)16-3)17(14,15)9-6-4-5-8(12)7-9/h4-7H,1-3H3. The molecule has 0 fully saturated rings. The number of benzene rings is 1. The van der Waals surface area contributed by atoms with Crippen LogP contribution in [-0.4, -0.2) is 26.2 Å². The lowest BCUT2D eigenvalue weighted by molar-refractivity contribution is -0.142. The first-order chi connectivity index (χ1) is 7.73. The molecule has 0 aliphatic carbocycles. The minimum atomic E-state index is -3.78. The van der Waals surface area contributed by atoms with Crippen LogP contribution in [0.4, 0.5) is 0 Å². The van der Waals surface area contributed by atoms with Crippen molar-refractivity contribution in [2.24, 2.45) is 0 Å². The first kappa shape index (κ1) is 14.2. The minimum Gasteiger partial charge on any atom is -0.468 e. The number of hydrogen-bond acceptors (Lipinski definition) is 4. The number of hydrogen-bond donors (Lipinski definition) is 0. The van der Waals surface area contributed by atoms with E-state index in [1.165, 1.54) is 33.1 Å². The van der Waals surface area contributed by atoms with Crippen LogP contribution in [-0.2, 0) is 19.4 Å². The molecule has 94 valence electrons. The van der Waals surface area contributed by atoms with Crippen molar-refractivity contribution in [2.75, 3.05) is 7.11 Å². The zero-order chi connectivity index (χ0) is 13.3. The van der Waals surface area contributed by atoms with Gasteiger partial charge in [-0.3, -0.25) is 4.79 Å². The fourth-order valence-electron chi connectivity index (χ4n) is 1.28. The van der Waals surface area contributed by atoms with Crippen molar-refractivity contribution in [3.8, 4) is 0 Å². The lowest BCUT2D eigenvalue weighted by Gasteiger charge is -2.21. The maximum absolute atomic E-state index is 12.3. The zero-order valence-electron chi connectivity index (χ0n) is 9.73. The van der Waals surface area contributed by atoms with E-state index in [0.717, 1.165) is 0 Å². The fraction of sp³-hybridized carbons (Fsp3) is 0.364. The smallest absolute Gasteiger partial charge is 0.327 e. The summed E-state index contributed by atoms with van der Waals surface area (Å²) in [6, 6.07) is 6.22. The highest BCUT2D eigenvalue weighted by Crippen LogP contribution is 2.28. The molecule has 0 atom stereocenters. The molecule has 0 spiro atoms. The third kappa shape index (κ3) is 2.52. The first-order valence-corrected chi connectivity index (χ1v) is 7.09. The Hall–Kier alpha value is -0.880. The highest BCUT2D eigenvalue weighted by molar-refractivity contribution is 9.10. The van der Waals surface area contributed by atoms with Crippen molar-refractivity contribution in [1.29, 1.82) is 0 Å². The Kier molecular flexibility index (Phi) is 3.99. The van der Waals surface area contributed by atoms with Crippen LogP contribution >= 0.6 is 15.9 Å². The highest BCUT2D eigenvalue weighted by atomic mass is 79.9. The van der Waals surface area contributed by atoms with Gasteiger partial charge in [-0.2, -0.15) is 0 Å². The van der Waals surface area contributed by atoms with Crippen LogP contribution in [0.15, 0.2) is 33.6 Å². The SMILES string of the molecule is COC(=O)C(C)(C)S(=O)(=O)c1cccc(Br)c1. The van der Waals surface area contributed by atoms with Gasteiger partial charge in [0.25, 0.3) is 0 Å². The number of rotatable bonds is 3. The molecular weight excluding hydrogens is 308 g/mol. The minimum absolute atomic E-state index is 0.0854. The number of carbonyl (C=O) groups is 1. The number of carbonyl (C=O) groups excluding carboxylic acids is 1. The predicted molar refractivity (Wildman–Crippen MR) is 67.4 cm³/mol. The predicted octanol–water partition coefficient (Wildman–Crippen LogP) is 2.17. The third-order valence-corrected chi connectivity index (χ3v) is 5.33. The second-order valence-electron chi connectivity index (χ2n) is 3.96. The second kappa shape index (κ2) is 4.78. The number of sulfone groups is 1. The van der Waals surface area contributed by atoms with E-state index in [1.54, 1.807) is 12.1 Å². The Morgan fingerprint density at radius 1 is 1.35 bits per heavy atom. The lowest BCUT2D eigenvalue weighted by atomic mass is 10.2. The summed E-state index contributed by atoms with van der Waals surface area (Å²) in [5.74, 6) is -0.780. The van der Waals surface area contributed by atoms with Crippen molar-refractivity contribution in [3.05, 3.63) is 28.7 Å². The monoisotopic (exact) mass is 320 g/mol. The molecule has 0 radical (unpaired) electrons. The Morgan fingerprint density at radius 3 is 2.41 bits per heavy atom. The van der Waals surface area contributed by atoms with E-state index in [4.69, 9.17) is 0 Å². The summed E-state index contributed by atoms with van der Waals surface area (Å²) in [5.41, 5.74) is 0. The van der Waals surface area contributed by atoms with Gasteiger partial charge in [-0.25, -0.2) is 8.42 Å². The van der Waals surface area contributed by atoms with Crippen LogP contribution in [0, 0.1) is 0 Å². The van der Waals surface area contributed by atoms with Gasteiger partial charge < -0.3 is 4.74 Å². The van der Waals surface area contributed by atoms with Crippen molar-refractivity contribution >= 4 is 31.7 Å². The van der Waals surface area contributed by atoms with E-state index in [0.29, 0.717) is 4.47 Å². The molecule has 1 rings (SSSR count). The van der Waals surface area contributed by atoms with Crippen LogP contribution in [0.25, 0.3) is 0 Å². The van der Waals surface area contributed by atoms with E-state index in [2.05, 4.69) is 20.7 Å². The summed E-state index contributed by atoms with van der Waals surface area (Å²) < 4.78 is 28.1. The molecule has 6 heteroatoms. The van der Waals surface area contributed by atoms with E-state index in [-0.39, 0.29) is 4.90 Å². The van der Waals surface area contributed by atoms with Crippen molar-refractivity contribution in [2.45, 2.75) is 23.5 Å². The van der Waals surface area contributed by atoms with Gasteiger partial charge in [0.15, 0.2) is 14.6 Å². The molecule has 0 N–H and O–H groups in total. The molecule has 0 aromatic heterocycles. The molecule has 0 aliphatic heterocycles. The summed E-state index contributed by atoms with van der Waals surface area (Å²) in [6.45, 7) is 2.66. The van der Waals surface area contributed by atoms with Crippen LogP contribution < -0.4 is 0 Å². The third-order valence-electron chi connectivity index (χ3n) is 2.46. The van der Waals surface area contributed by atoms with Crippen molar-refractivity contribution in [1.82, 2.24) is 0 Å². The van der Waals surface area contributed by atoms with E-state index >= 15 is 0 Å². The van der Waals surface area contributed by atoms with Gasteiger partial charge in [0, 0.05) is 4.47 Å². The maximum Gasteiger partial charge on any atom is 0.327 e. The van der Waals surface area contributed by atoms with E-state index in [1.807, 2.05) is 0 Å².